The average molecular weight is 490 g/mol. The number of nitrogens with one attached hydrogen (secondary N) is 1. The maximum absolute atomic E-state index is 12.2. The first-order valence-electron chi connectivity index (χ1n) is 12.3. The van der Waals surface area contributed by atoms with Crippen LogP contribution in [0.1, 0.15) is 63.5 Å². The number of rotatable bonds is 5. The van der Waals surface area contributed by atoms with Gasteiger partial charge in [0.05, 0.1) is 29.8 Å². The highest BCUT2D eigenvalue weighted by Gasteiger charge is 2.25. The van der Waals surface area contributed by atoms with E-state index in [1.807, 2.05) is 75.7 Å². The molecular weight excluding hydrogens is 454 g/mol. The number of ether oxygens (including phenoxy) is 1. The molecule has 0 atom stereocenters. The Kier molecular flexibility index (Phi) is 11.2. The van der Waals surface area contributed by atoms with Crippen LogP contribution in [0.25, 0.3) is 5.65 Å². The maximum Gasteiger partial charge on any atom is 0.257 e. The summed E-state index contributed by atoms with van der Waals surface area (Å²) in [5.74, 6) is 1.87. The first kappa shape index (κ1) is 28.2. The molecule has 1 fully saturated rings. The summed E-state index contributed by atoms with van der Waals surface area (Å²) in [6.07, 6.45) is 8.98. The van der Waals surface area contributed by atoms with Crippen LogP contribution in [-0.2, 0) is 4.79 Å². The SMILES string of the molecule is CC.CC.CC(=O)C1CC1.Cc1cn2cc(Oc3cccc(NC(=O)c4ccnnc4)c3)ccc2n1. The number of imidazole rings is 1. The summed E-state index contributed by atoms with van der Waals surface area (Å²) >= 11 is 0. The van der Waals surface area contributed by atoms with Crippen LogP contribution in [0, 0.1) is 12.8 Å². The normalized spacial score (nSPS) is 11.5. The van der Waals surface area contributed by atoms with Crippen molar-refractivity contribution < 1.29 is 14.3 Å². The van der Waals surface area contributed by atoms with Crippen LogP contribution < -0.4 is 10.1 Å². The lowest BCUT2D eigenvalue weighted by Crippen LogP contribution is -2.12. The molecule has 1 amide bonds. The number of fused-ring (bicyclic) bond motifs is 1. The molecule has 8 nitrogen and oxygen atoms in total. The Hall–Kier alpha value is -4.07. The zero-order valence-electron chi connectivity index (χ0n) is 21.9. The number of aryl methyl sites for hydroxylation is 1. The van der Waals surface area contributed by atoms with Crippen molar-refractivity contribution in [2.45, 2.75) is 54.4 Å². The minimum atomic E-state index is -0.257. The van der Waals surface area contributed by atoms with Crippen LogP contribution >= 0.6 is 0 Å². The molecule has 0 bridgehead atoms. The minimum Gasteiger partial charge on any atom is -0.456 e. The van der Waals surface area contributed by atoms with Gasteiger partial charge in [0.25, 0.3) is 5.91 Å². The van der Waals surface area contributed by atoms with E-state index in [9.17, 15) is 9.59 Å². The predicted octanol–water partition coefficient (Wildman–Crippen LogP) is 6.52. The van der Waals surface area contributed by atoms with Gasteiger partial charge in [-0.1, -0.05) is 33.8 Å². The second-order valence-electron chi connectivity index (χ2n) is 7.61. The Balaban J connectivity index is 0.000000390. The van der Waals surface area contributed by atoms with Crippen molar-refractivity contribution in [3.05, 3.63) is 78.5 Å². The molecule has 5 rings (SSSR count). The van der Waals surface area contributed by atoms with Crippen molar-refractivity contribution >= 4 is 23.0 Å². The maximum atomic E-state index is 12.2. The zero-order valence-corrected chi connectivity index (χ0v) is 21.9. The summed E-state index contributed by atoms with van der Waals surface area (Å²) in [6, 6.07) is 12.5. The summed E-state index contributed by atoms with van der Waals surface area (Å²) in [7, 11) is 0. The molecular formula is C28H35N5O3. The van der Waals surface area contributed by atoms with Gasteiger partial charge in [-0.3, -0.25) is 9.59 Å². The van der Waals surface area contributed by atoms with Gasteiger partial charge >= 0.3 is 0 Å². The number of hydrogen-bond acceptors (Lipinski definition) is 6. The first-order chi connectivity index (χ1) is 17.5. The highest BCUT2D eigenvalue weighted by Crippen LogP contribution is 2.29. The molecule has 4 aromatic rings. The summed E-state index contributed by atoms with van der Waals surface area (Å²) < 4.78 is 7.81. The van der Waals surface area contributed by atoms with Gasteiger partial charge in [0.15, 0.2) is 0 Å². The van der Waals surface area contributed by atoms with Crippen LogP contribution in [0.4, 0.5) is 5.69 Å². The average Bonchev–Trinajstić information content (AvgIpc) is 3.69. The number of nitrogens with zero attached hydrogens (tertiary/aromatic N) is 4. The zero-order chi connectivity index (χ0) is 26.5. The Labute approximate surface area is 212 Å². The standard InChI is InChI=1S/C19H15N5O2.C5H8O.2C2H6/c1-13-11-24-12-17(5-6-18(24)22-13)26-16-4-2-3-15(9-16)23-19(25)14-7-8-20-21-10-14;1-4(6)5-2-3-5;2*1-2/h2-12H,1H3,(H,23,25);5H,2-3H2,1H3;2*1-2H3. The molecule has 1 saturated carbocycles. The van der Waals surface area contributed by atoms with E-state index in [0.29, 0.717) is 34.5 Å². The van der Waals surface area contributed by atoms with Gasteiger partial charge in [0, 0.05) is 23.9 Å². The summed E-state index contributed by atoms with van der Waals surface area (Å²) in [4.78, 5) is 26.8. The Bertz CT molecular complexity index is 1250. The van der Waals surface area contributed by atoms with Gasteiger partial charge in [-0.05, 0) is 57.0 Å². The molecule has 3 heterocycles. The molecule has 8 heteroatoms. The Morgan fingerprint density at radius 1 is 0.972 bits per heavy atom. The number of benzene rings is 1. The van der Waals surface area contributed by atoms with E-state index in [4.69, 9.17) is 4.74 Å². The second-order valence-corrected chi connectivity index (χ2v) is 7.61. The van der Waals surface area contributed by atoms with Crippen molar-refractivity contribution in [1.82, 2.24) is 19.6 Å². The first-order valence-corrected chi connectivity index (χ1v) is 12.3. The number of carbonyl (C=O) groups excluding carboxylic acids is 2. The number of amides is 1. The number of carbonyl (C=O) groups is 2. The fourth-order valence-electron chi connectivity index (χ4n) is 3.05. The summed E-state index contributed by atoms with van der Waals surface area (Å²) in [6.45, 7) is 11.6. The Morgan fingerprint density at radius 2 is 1.72 bits per heavy atom. The molecule has 1 aliphatic carbocycles. The van der Waals surface area contributed by atoms with Crippen molar-refractivity contribution in [2.75, 3.05) is 5.32 Å². The quantitative estimate of drug-likeness (QED) is 0.343. The molecule has 190 valence electrons. The number of Topliss-reactive ketones (excluding diaryl/α,β-unsaturated/α-hetero) is 1. The van der Waals surface area contributed by atoms with Crippen molar-refractivity contribution in [2.24, 2.45) is 5.92 Å². The molecule has 1 aliphatic rings. The fourth-order valence-corrected chi connectivity index (χ4v) is 3.05. The third-order valence-corrected chi connectivity index (χ3v) is 4.87. The largest absolute Gasteiger partial charge is 0.456 e. The number of anilines is 1. The van der Waals surface area contributed by atoms with E-state index in [1.54, 1.807) is 25.1 Å². The van der Waals surface area contributed by atoms with Gasteiger partial charge < -0.3 is 14.5 Å². The van der Waals surface area contributed by atoms with Crippen molar-refractivity contribution in [1.29, 1.82) is 0 Å². The molecule has 1 N–H and O–H groups in total. The molecule has 0 radical (unpaired) electrons. The monoisotopic (exact) mass is 489 g/mol. The summed E-state index contributed by atoms with van der Waals surface area (Å²) in [5, 5.41) is 10.2. The third-order valence-electron chi connectivity index (χ3n) is 4.87. The van der Waals surface area contributed by atoms with Gasteiger partial charge in [-0.2, -0.15) is 10.2 Å². The van der Waals surface area contributed by atoms with Gasteiger partial charge in [0.1, 0.15) is 22.9 Å². The number of aromatic nitrogens is 4. The van der Waals surface area contributed by atoms with Gasteiger partial charge in [-0.15, -0.1) is 0 Å². The van der Waals surface area contributed by atoms with E-state index in [-0.39, 0.29) is 5.91 Å². The lowest BCUT2D eigenvalue weighted by atomic mass is 10.2. The number of pyridine rings is 1. The topological polar surface area (TPSA) is 98.5 Å². The molecule has 0 saturated heterocycles. The van der Waals surface area contributed by atoms with Crippen LogP contribution in [0.5, 0.6) is 11.5 Å². The fraction of sp³-hybridized carbons (Fsp3) is 0.321. The molecule has 1 aromatic carbocycles. The Morgan fingerprint density at radius 3 is 2.33 bits per heavy atom. The number of ketones is 1. The van der Waals surface area contributed by atoms with Crippen LogP contribution in [-0.4, -0.2) is 31.3 Å². The van der Waals surface area contributed by atoms with Gasteiger partial charge in [0.2, 0.25) is 0 Å². The van der Waals surface area contributed by atoms with E-state index < -0.39 is 0 Å². The smallest absolute Gasteiger partial charge is 0.257 e. The van der Waals surface area contributed by atoms with E-state index in [1.165, 1.54) is 12.4 Å². The lowest BCUT2D eigenvalue weighted by Gasteiger charge is -2.09. The van der Waals surface area contributed by atoms with E-state index in [2.05, 4.69) is 20.5 Å². The number of hydrogen-bond donors (Lipinski definition) is 1. The molecule has 3 aromatic heterocycles. The lowest BCUT2D eigenvalue weighted by molar-refractivity contribution is -0.118. The van der Waals surface area contributed by atoms with E-state index in [0.717, 1.165) is 24.2 Å². The highest BCUT2D eigenvalue weighted by molar-refractivity contribution is 6.04. The van der Waals surface area contributed by atoms with E-state index >= 15 is 0 Å². The van der Waals surface area contributed by atoms with Crippen LogP contribution in [0.15, 0.2) is 67.3 Å². The third kappa shape index (κ3) is 8.61. The predicted molar refractivity (Wildman–Crippen MR) is 143 cm³/mol. The van der Waals surface area contributed by atoms with Crippen molar-refractivity contribution in [3.8, 4) is 11.5 Å². The second kappa shape index (κ2) is 14.4. The molecule has 0 unspecified atom stereocenters. The van der Waals surface area contributed by atoms with Gasteiger partial charge in [-0.25, -0.2) is 4.98 Å². The van der Waals surface area contributed by atoms with Crippen molar-refractivity contribution in [3.63, 3.8) is 0 Å². The molecule has 0 spiro atoms. The summed E-state index contributed by atoms with van der Waals surface area (Å²) in [5.41, 5.74) is 2.87. The molecule has 0 aliphatic heterocycles. The van der Waals surface area contributed by atoms with Crippen LogP contribution in [0.3, 0.4) is 0 Å². The minimum absolute atomic E-state index is 0.257. The highest BCUT2D eigenvalue weighted by atomic mass is 16.5. The van der Waals surface area contributed by atoms with Crippen LogP contribution in [0.2, 0.25) is 0 Å². The molecule has 36 heavy (non-hydrogen) atoms.